The summed E-state index contributed by atoms with van der Waals surface area (Å²) in [7, 11) is 1.65. The Hall–Kier alpha value is -1.85. The lowest BCUT2D eigenvalue weighted by molar-refractivity contribution is -0.0275. The Morgan fingerprint density at radius 3 is 2.72 bits per heavy atom. The topological polar surface area (TPSA) is 58.7 Å². The smallest absolute Gasteiger partial charge is 0.208 e. The second-order valence-electron chi connectivity index (χ2n) is 7.44. The average Bonchev–Trinajstić information content (AvgIpc) is 3.18. The van der Waals surface area contributed by atoms with Crippen LogP contribution in [0.5, 0.6) is 5.75 Å². The van der Waals surface area contributed by atoms with Crippen LogP contribution in [0, 0.1) is 0 Å². The van der Waals surface area contributed by atoms with E-state index in [1.165, 1.54) is 12.8 Å². The molecule has 1 aliphatic heterocycles. The summed E-state index contributed by atoms with van der Waals surface area (Å²) < 4.78 is 11.1. The van der Waals surface area contributed by atoms with E-state index in [1.54, 1.807) is 7.11 Å². The predicted molar refractivity (Wildman–Crippen MR) is 94.5 cm³/mol. The Bertz CT molecular complexity index is 719. The van der Waals surface area contributed by atoms with E-state index in [2.05, 4.69) is 9.88 Å². The van der Waals surface area contributed by atoms with Gasteiger partial charge in [-0.15, -0.1) is 0 Å². The molecule has 2 atom stereocenters. The standard InChI is InChI=1S/C20H26N2O3/c1-20(23,15-7-9-16(24-2)10-8-15)18-4-3-11-22(18)13-19-21-12-17(25-19)14-5-6-14/h7-10,12,14,18,23H,3-6,11,13H2,1-2H3/t18-,20+/m1/s1. The van der Waals surface area contributed by atoms with Crippen molar-refractivity contribution in [3.05, 3.63) is 47.7 Å². The molecule has 1 saturated heterocycles. The number of methoxy groups -OCH3 is 1. The molecule has 1 aromatic heterocycles. The first-order chi connectivity index (χ1) is 12.1. The fourth-order valence-corrected chi connectivity index (χ4v) is 3.90. The second-order valence-corrected chi connectivity index (χ2v) is 7.44. The fraction of sp³-hybridized carbons (Fsp3) is 0.550. The maximum atomic E-state index is 11.3. The summed E-state index contributed by atoms with van der Waals surface area (Å²) in [5.74, 6) is 3.17. The minimum absolute atomic E-state index is 0.0529. The molecule has 2 heterocycles. The lowest BCUT2D eigenvalue weighted by Gasteiger charge is -2.36. The second kappa shape index (κ2) is 6.46. The van der Waals surface area contributed by atoms with E-state index < -0.39 is 5.60 Å². The first-order valence-corrected chi connectivity index (χ1v) is 9.13. The third kappa shape index (κ3) is 3.31. The van der Waals surface area contributed by atoms with Crippen LogP contribution < -0.4 is 4.74 Å². The molecule has 0 bridgehead atoms. The molecule has 1 saturated carbocycles. The van der Waals surface area contributed by atoms with Crippen LogP contribution in [0.2, 0.25) is 0 Å². The summed E-state index contributed by atoms with van der Waals surface area (Å²) >= 11 is 0. The van der Waals surface area contributed by atoms with Crippen LogP contribution in [0.1, 0.15) is 55.7 Å². The zero-order chi connectivity index (χ0) is 17.4. The van der Waals surface area contributed by atoms with Crippen LogP contribution in [-0.4, -0.2) is 34.7 Å². The number of hydrogen-bond acceptors (Lipinski definition) is 5. The molecular formula is C20H26N2O3. The highest BCUT2D eigenvalue weighted by Gasteiger charge is 2.41. The minimum atomic E-state index is -0.922. The molecule has 1 aromatic carbocycles. The molecule has 4 rings (SSSR count). The van der Waals surface area contributed by atoms with Crippen molar-refractivity contribution < 1.29 is 14.3 Å². The van der Waals surface area contributed by atoms with Gasteiger partial charge in [0, 0.05) is 12.0 Å². The maximum Gasteiger partial charge on any atom is 0.208 e. The van der Waals surface area contributed by atoms with Gasteiger partial charge >= 0.3 is 0 Å². The highest BCUT2D eigenvalue weighted by Crippen LogP contribution is 2.41. The van der Waals surface area contributed by atoms with Crippen molar-refractivity contribution in [2.75, 3.05) is 13.7 Å². The number of likely N-dealkylation sites (tertiary alicyclic amines) is 1. The van der Waals surface area contributed by atoms with Gasteiger partial charge in [-0.2, -0.15) is 0 Å². The van der Waals surface area contributed by atoms with Gasteiger partial charge in [-0.1, -0.05) is 12.1 Å². The summed E-state index contributed by atoms with van der Waals surface area (Å²) in [6, 6.07) is 7.76. The summed E-state index contributed by atoms with van der Waals surface area (Å²) in [5.41, 5.74) is -0.00872. The van der Waals surface area contributed by atoms with Gasteiger partial charge in [0.1, 0.15) is 17.1 Å². The van der Waals surface area contributed by atoms with Gasteiger partial charge in [0.25, 0.3) is 0 Å². The van der Waals surface area contributed by atoms with E-state index in [4.69, 9.17) is 9.15 Å². The largest absolute Gasteiger partial charge is 0.497 e. The van der Waals surface area contributed by atoms with Crippen molar-refractivity contribution in [3.63, 3.8) is 0 Å². The van der Waals surface area contributed by atoms with Crippen molar-refractivity contribution in [2.24, 2.45) is 0 Å². The van der Waals surface area contributed by atoms with Gasteiger partial charge in [-0.25, -0.2) is 4.98 Å². The number of ether oxygens (including phenoxy) is 1. The third-order valence-electron chi connectivity index (χ3n) is 5.58. The summed E-state index contributed by atoms with van der Waals surface area (Å²) in [6.07, 6.45) is 6.35. The number of aliphatic hydroxyl groups is 1. The van der Waals surface area contributed by atoms with Crippen molar-refractivity contribution in [1.82, 2.24) is 9.88 Å². The highest BCUT2D eigenvalue weighted by molar-refractivity contribution is 5.31. The van der Waals surface area contributed by atoms with Gasteiger partial charge < -0.3 is 14.3 Å². The molecule has 0 radical (unpaired) electrons. The molecular weight excluding hydrogens is 316 g/mol. The molecule has 25 heavy (non-hydrogen) atoms. The van der Waals surface area contributed by atoms with Gasteiger partial charge in [0.2, 0.25) is 5.89 Å². The molecule has 5 heteroatoms. The average molecular weight is 342 g/mol. The first-order valence-electron chi connectivity index (χ1n) is 9.13. The van der Waals surface area contributed by atoms with E-state index in [0.717, 1.165) is 42.4 Å². The van der Waals surface area contributed by atoms with Crippen molar-refractivity contribution in [1.29, 1.82) is 0 Å². The van der Waals surface area contributed by atoms with Crippen molar-refractivity contribution in [2.45, 2.75) is 56.7 Å². The maximum absolute atomic E-state index is 11.3. The molecule has 1 N–H and O–H groups in total. The van der Waals surface area contributed by atoms with Crippen molar-refractivity contribution in [3.8, 4) is 5.75 Å². The first kappa shape index (κ1) is 16.6. The lowest BCUT2D eigenvalue weighted by Crippen LogP contribution is -2.45. The molecule has 0 amide bonds. The highest BCUT2D eigenvalue weighted by atomic mass is 16.5. The Kier molecular flexibility index (Phi) is 4.29. The third-order valence-corrected chi connectivity index (χ3v) is 5.58. The number of oxazole rings is 1. The molecule has 0 unspecified atom stereocenters. The van der Waals surface area contributed by atoms with Crippen LogP contribution in [-0.2, 0) is 12.1 Å². The van der Waals surface area contributed by atoms with Crippen LogP contribution >= 0.6 is 0 Å². The fourth-order valence-electron chi connectivity index (χ4n) is 3.90. The Balaban J connectivity index is 1.50. The van der Waals surface area contributed by atoms with Crippen LogP contribution in [0.15, 0.2) is 34.9 Å². The summed E-state index contributed by atoms with van der Waals surface area (Å²) in [4.78, 5) is 6.74. The Morgan fingerprint density at radius 1 is 1.28 bits per heavy atom. The predicted octanol–water partition coefficient (Wildman–Crippen LogP) is 3.43. The molecule has 134 valence electrons. The molecule has 2 fully saturated rings. The van der Waals surface area contributed by atoms with Crippen LogP contribution in [0.25, 0.3) is 0 Å². The Morgan fingerprint density at radius 2 is 2.04 bits per heavy atom. The van der Waals surface area contributed by atoms with Gasteiger partial charge in [-0.3, -0.25) is 4.90 Å². The quantitative estimate of drug-likeness (QED) is 0.871. The van der Waals surface area contributed by atoms with Gasteiger partial charge in [0.05, 0.1) is 19.9 Å². The Labute approximate surface area is 148 Å². The van der Waals surface area contributed by atoms with Crippen LogP contribution in [0.3, 0.4) is 0 Å². The number of rotatable bonds is 6. The number of benzene rings is 1. The molecule has 1 aliphatic carbocycles. The molecule has 5 nitrogen and oxygen atoms in total. The zero-order valence-corrected chi connectivity index (χ0v) is 14.9. The van der Waals surface area contributed by atoms with Crippen molar-refractivity contribution >= 4 is 0 Å². The molecule has 2 aromatic rings. The van der Waals surface area contributed by atoms with E-state index in [1.807, 2.05) is 37.4 Å². The van der Waals surface area contributed by atoms with E-state index >= 15 is 0 Å². The number of hydrogen-bond donors (Lipinski definition) is 1. The number of aromatic nitrogens is 1. The molecule has 0 spiro atoms. The van der Waals surface area contributed by atoms with Gasteiger partial charge in [-0.05, 0) is 56.8 Å². The SMILES string of the molecule is COc1ccc([C@](C)(O)[C@H]2CCCN2Cc2ncc(C3CC3)o2)cc1. The normalized spacial score (nSPS) is 23.6. The lowest BCUT2D eigenvalue weighted by atomic mass is 9.86. The minimum Gasteiger partial charge on any atom is -0.497 e. The van der Waals surface area contributed by atoms with E-state index in [-0.39, 0.29) is 6.04 Å². The molecule has 2 aliphatic rings. The van der Waals surface area contributed by atoms with E-state index in [0.29, 0.717) is 12.5 Å². The van der Waals surface area contributed by atoms with E-state index in [9.17, 15) is 5.11 Å². The zero-order valence-electron chi connectivity index (χ0n) is 14.9. The summed E-state index contributed by atoms with van der Waals surface area (Å²) in [6.45, 7) is 3.52. The summed E-state index contributed by atoms with van der Waals surface area (Å²) in [5, 5.41) is 11.3. The number of nitrogens with zero attached hydrogens (tertiary/aromatic N) is 2. The van der Waals surface area contributed by atoms with Gasteiger partial charge in [0.15, 0.2) is 0 Å². The monoisotopic (exact) mass is 342 g/mol. The van der Waals surface area contributed by atoms with Crippen LogP contribution in [0.4, 0.5) is 0 Å².